The molecule has 18 heavy (non-hydrogen) atoms. The summed E-state index contributed by atoms with van der Waals surface area (Å²) >= 11 is 5.75. The van der Waals surface area contributed by atoms with Crippen LogP contribution >= 0.6 is 11.6 Å². The van der Waals surface area contributed by atoms with Gasteiger partial charge >= 0.3 is 0 Å². The summed E-state index contributed by atoms with van der Waals surface area (Å²) in [4.78, 5) is 0.00692. The van der Waals surface area contributed by atoms with Crippen LogP contribution in [-0.4, -0.2) is 13.6 Å². The molecule has 0 heterocycles. The van der Waals surface area contributed by atoms with E-state index in [9.17, 15) is 13.6 Å². The van der Waals surface area contributed by atoms with Crippen molar-refractivity contribution in [1.29, 1.82) is 0 Å². The number of rotatable bonds is 3. The SMILES string of the molecule is O=S(=O)(c1ccccc1)N(O)c1cccc(Cl)c1. The highest BCUT2D eigenvalue weighted by Gasteiger charge is 2.23. The molecule has 0 aliphatic heterocycles. The Morgan fingerprint density at radius 1 is 1.00 bits per heavy atom. The molecule has 2 aromatic carbocycles. The first-order chi connectivity index (χ1) is 8.51. The maximum absolute atomic E-state index is 12.1. The van der Waals surface area contributed by atoms with Gasteiger partial charge in [-0.05, 0) is 30.3 Å². The molecule has 0 saturated carbocycles. The Balaban J connectivity index is 2.43. The second-order valence-corrected chi connectivity index (χ2v) is 5.74. The van der Waals surface area contributed by atoms with Crippen LogP contribution in [0.25, 0.3) is 0 Å². The highest BCUT2D eigenvalue weighted by Crippen LogP contribution is 2.23. The average Bonchev–Trinajstić information content (AvgIpc) is 2.39. The van der Waals surface area contributed by atoms with Crippen molar-refractivity contribution in [1.82, 2.24) is 0 Å². The van der Waals surface area contributed by atoms with E-state index < -0.39 is 10.0 Å². The van der Waals surface area contributed by atoms with E-state index >= 15 is 0 Å². The zero-order valence-electron chi connectivity index (χ0n) is 9.19. The summed E-state index contributed by atoms with van der Waals surface area (Å²) in [5.41, 5.74) is 0.0892. The number of anilines is 1. The van der Waals surface area contributed by atoms with Gasteiger partial charge in [0.25, 0.3) is 10.0 Å². The minimum absolute atomic E-state index is 0.00692. The van der Waals surface area contributed by atoms with Gasteiger partial charge in [-0.25, -0.2) is 0 Å². The fraction of sp³-hybridized carbons (Fsp3) is 0. The Kier molecular flexibility index (Phi) is 3.56. The zero-order valence-corrected chi connectivity index (χ0v) is 10.8. The lowest BCUT2D eigenvalue weighted by Gasteiger charge is -2.17. The summed E-state index contributed by atoms with van der Waals surface area (Å²) in [5.74, 6) is 0. The molecule has 0 saturated heterocycles. The van der Waals surface area contributed by atoms with Crippen LogP contribution in [0.5, 0.6) is 0 Å². The van der Waals surface area contributed by atoms with Crippen molar-refractivity contribution < 1.29 is 13.6 Å². The van der Waals surface area contributed by atoms with Gasteiger partial charge in [0.05, 0.1) is 10.6 Å². The van der Waals surface area contributed by atoms with E-state index in [0.717, 1.165) is 0 Å². The average molecular weight is 284 g/mol. The van der Waals surface area contributed by atoms with Crippen molar-refractivity contribution in [3.8, 4) is 0 Å². The van der Waals surface area contributed by atoms with E-state index in [1.54, 1.807) is 30.3 Å². The standard InChI is InChI=1S/C12H10ClNO3S/c13-10-5-4-6-11(9-10)14(15)18(16,17)12-7-2-1-3-8-12/h1-9,15H. The molecular formula is C12H10ClNO3S. The van der Waals surface area contributed by atoms with Crippen LogP contribution < -0.4 is 4.47 Å². The Bertz CT molecular complexity index is 643. The van der Waals surface area contributed by atoms with Crippen LogP contribution in [0.3, 0.4) is 0 Å². The summed E-state index contributed by atoms with van der Waals surface area (Å²) in [6, 6.07) is 13.6. The number of hydrogen-bond donors (Lipinski definition) is 1. The van der Waals surface area contributed by atoms with Crippen LogP contribution in [0.4, 0.5) is 5.69 Å². The molecule has 0 atom stereocenters. The number of hydrogen-bond acceptors (Lipinski definition) is 3. The van der Waals surface area contributed by atoms with Gasteiger partial charge in [-0.3, -0.25) is 5.21 Å². The van der Waals surface area contributed by atoms with Crippen LogP contribution in [0.1, 0.15) is 0 Å². The summed E-state index contributed by atoms with van der Waals surface area (Å²) in [6.07, 6.45) is 0. The van der Waals surface area contributed by atoms with Crippen molar-refractivity contribution in [2.45, 2.75) is 4.90 Å². The number of nitrogens with zero attached hydrogens (tertiary/aromatic N) is 1. The molecule has 1 N–H and O–H groups in total. The van der Waals surface area contributed by atoms with E-state index in [1.165, 1.54) is 24.3 Å². The van der Waals surface area contributed by atoms with Crippen LogP contribution in [0.15, 0.2) is 59.5 Å². The summed E-state index contributed by atoms with van der Waals surface area (Å²) in [7, 11) is -3.98. The third kappa shape index (κ3) is 2.48. The Morgan fingerprint density at radius 3 is 2.28 bits per heavy atom. The Labute approximate surface area is 110 Å². The molecule has 0 spiro atoms. The van der Waals surface area contributed by atoms with E-state index in [1.807, 2.05) is 0 Å². The fourth-order valence-corrected chi connectivity index (χ4v) is 2.70. The molecule has 0 bridgehead atoms. The third-order valence-corrected chi connectivity index (χ3v) is 4.07. The van der Waals surface area contributed by atoms with E-state index in [2.05, 4.69) is 0 Å². The summed E-state index contributed by atoms with van der Waals surface area (Å²) in [5, 5.41) is 10.2. The van der Waals surface area contributed by atoms with Gasteiger partial charge in [-0.2, -0.15) is 8.42 Å². The van der Waals surface area contributed by atoms with Crippen molar-refractivity contribution in [2.75, 3.05) is 4.47 Å². The van der Waals surface area contributed by atoms with Crippen LogP contribution in [0, 0.1) is 0 Å². The second kappa shape index (κ2) is 4.97. The number of benzene rings is 2. The topological polar surface area (TPSA) is 57.6 Å². The van der Waals surface area contributed by atoms with Gasteiger partial charge in [-0.15, -0.1) is 4.47 Å². The lowest BCUT2D eigenvalue weighted by molar-refractivity contribution is 0.316. The van der Waals surface area contributed by atoms with E-state index in [4.69, 9.17) is 11.6 Å². The van der Waals surface area contributed by atoms with E-state index in [-0.39, 0.29) is 15.1 Å². The molecule has 0 aromatic heterocycles. The van der Waals surface area contributed by atoms with Crippen molar-refractivity contribution >= 4 is 27.3 Å². The van der Waals surface area contributed by atoms with Gasteiger partial charge in [0.15, 0.2) is 0 Å². The van der Waals surface area contributed by atoms with Gasteiger partial charge < -0.3 is 0 Å². The molecule has 0 aliphatic rings. The van der Waals surface area contributed by atoms with Crippen molar-refractivity contribution in [2.24, 2.45) is 0 Å². The molecule has 2 aromatic rings. The van der Waals surface area contributed by atoms with Crippen molar-refractivity contribution in [3.63, 3.8) is 0 Å². The zero-order chi connectivity index (χ0) is 13.2. The summed E-state index contributed by atoms with van der Waals surface area (Å²) < 4.78 is 24.4. The smallest absolute Gasteiger partial charge is 0.274 e. The highest BCUT2D eigenvalue weighted by molar-refractivity contribution is 7.92. The minimum Gasteiger partial charge on any atom is -0.274 e. The first-order valence-electron chi connectivity index (χ1n) is 5.06. The molecule has 0 unspecified atom stereocenters. The fourth-order valence-electron chi connectivity index (χ4n) is 1.43. The molecular weight excluding hydrogens is 274 g/mol. The molecule has 0 aliphatic carbocycles. The number of halogens is 1. The van der Waals surface area contributed by atoms with Gasteiger partial charge in [-0.1, -0.05) is 35.9 Å². The predicted octanol–water partition coefficient (Wildman–Crippen LogP) is 2.92. The molecule has 4 nitrogen and oxygen atoms in total. The normalized spacial score (nSPS) is 11.2. The first kappa shape index (κ1) is 12.9. The maximum Gasteiger partial charge on any atom is 0.286 e. The highest BCUT2D eigenvalue weighted by atomic mass is 35.5. The summed E-state index contributed by atoms with van der Waals surface area (Å²) in [6.45, 7) is 0. The first-order valence-corrected chi connectivity index (χ1v) is 6.88. The molecule has 0 radical (unpaired) electrons. The molecule has 6 heteroatoms. The van der Waals surface area contributed by atoms with Crippen molar-refractivity contribution in [3.05, 3.63) is 59.6 Å². The van der Waals surface area contributed by atoms with Crippen LogP contribution in [0.2, 0.25) is 5.02 Å². The molecule has 0 amide bonds. The van der Waals surface area contributed by atoms with Gasteiger partial charge in [0.2, 0.25) is 0 Å². The lowest BCUT2D eigenvalue weighted by Crippen LogP contribution is -2.27. The largest absolute Gasteiger partial charge is 0.286 e. The Morgan fingerprint density at radius 2 is 1.67 bits per heavy atom. The Hall–Kier alpha value is -1.56. The third-order valence-electron chi connectivity index (χ3n) is 2.30. The minimum atomic E-state index is -3.98. The molecule has 0 fully saturated rings. The van der Waals surface area contributed by atoms with Crippen LogP contribution in [-0.2, 0) is 10.0 Å². The molecule has 2 rings (SSSR count). The maximum atomic E-state index is 12.1. The van der Waals surface area contributed by atoms with Gasteiger partial charge in [0, 0.05) is 5.02 Å². The predicted molar refractivity (Wildman–Crippen MR) is 69.3 cm³/mol. The molecule has 94 valence electrons. The van der Waals surface area contributed by atoms with Gasteiger partial charge in [0.1, 0.15) is 0 Å². The monoisotopic (exact) mass is 283 g/mol. The number of sulfonamides is 1. The quantitative estimate of drug-likeness (QED) is 0.881. The lowest BCUT2D eigenvalue weighted by atomic mass is 10.3. The second-order valence-electron chi connectivity index (χ2n) is 3.54. The van der Waals surface area contributed by atoms with E-state index in [0.29, 0.717) is 5.02 Å².